The molecule has 22 heavy (non-hydrogen) atoms. The van der Waals surface area contributed by atoms with Gasteiger partial charge in [-0.3, -0.25) is 9.69 Å². The summed E-state index contributed by atoms with van der Waals surface area (Å²) in [6, 6.07) is 0. The Kier molecular flexibility index (Phi) is 5.05. The van der Waals surface area contributed by atoms with Gasteiger partial charge in [-0.15, -0.1) is 0 Å². The summed E-state index contributed by atoms with van der Waals surface area (Å²) < 4.78 is 11.2. The molecule has 0 aromatic heterocycles. The monoisotopic (exact) mass is 310 g/mol. The summed E-state index contributed by atoms with van der Waals surface area (Å²) in [7, 11) is 0. The van der Waals surface area contributed by atoms with Crippen LogP contribution in [0.1, 0.15) is 33.1 Å². The van der Waals surface area contributed by atoms with Crippen LogP contribution in [0.2, 0.25) is 0 Å². The van der Waals surface area contributed by atoms with E-state index in [1.54, 1.807) is 0 Å². The molecule has 3 fully saturated rings. The molecule has 126 valence electrons. The lowest BCUT2D eigenvalue weighted by atomic mass is 9.58. The number of likely N-dealkylation sites (N-methyl/N-ethyl adjacent to an activating group) is 1. The normalized spacial score (nSPS) is 24.9. The number of carbonyl (C=O) groups is 1. The molecule has 1 amide bonds. The molecular weight excluding hydrogens is 280 g/mol. The summed E-state index contributed by atoms with van der Waals surface area (Å²) in [6.45, 7) is 11.2. The van der Waals surface area contributed by atoms with E-state index in [4.69, 9.17) is 9.47 Å². The molecule has 2 aliphatic heterocycles. The standard InChI is InChI=1S/C17H30N2O3/c1-3-18-9-15(10-18)22-6-4-5-21-11-16(20)19-12-17(13-19)7-14(2)8-17/h14-15H,3-13H2,1-2H3. The quantitative estimate of drug-likeness (QED) is 0.635. The Bertz CT molecular complexity index is 381. The molecule has 1 spiro atoms. The van der Waals surface area contributed by atoms with E-state index in [2.05, 4.69) is 18.7 Å². The molecule has 0 N–H and O–H groups in total. The lowest BCUT2D eigenvalue weighted by molar-refractivity contribution is -0.159. The van der Waals surface area contributed by atoms with Crippen LogP contribution in [0.15, 0.2) is 0 Å². The van der Waals surface area contributed by atoms with E-state index in [-0.39, 0.29) is 12.5 Å². The topological polar surface area (TPSA) is 42.0 Å². The maximum Gasteiger partial charge on any atom is 0.248 e. The first kappa shape index (κ1) is 16.2. The summed E-state index contributed by atoms with van der Waals surface area (Å²) in [5, 5.41) is 0. The largest absolute Gasteiger partial charge is 0.375 e. The second-order valence-electron chi connectivity index (χ2n) is 7.51. The summed E-state index contributed by atoms with van der Waals surface area (Å²) >= 11 is 0. The van der Waals surface area contributed by atoms with Gasteiger partial charge in [0.2, 0.25) is 5.91 Å². The van der Waals surface area contributed by atoms with Crippen molar-refractivity contribution in [1.29, 1.82) is 0 Å². The van der Waals surface area contributed by atoms with Crippen LogP contribution in [0.5, 0.6) is 0 Å². The zero-order chi connectivity index (χ0) is 15.6. The van der Waals surface area contributed by atoms with E-state index in [1.165, 1.54) is 12.8 Å². The zero-order valence-corrected chi connectivity index (χ0v) is 14.1. The summed E-state index contributed by atoms with van der Waals surface area (Å²) in [5.41, 5.74) is 0.484. The fourth-order valence-electron chi connectivity index (χ4n) is 4.16. The molecule has 3 aliphatic rings. The maximum atomic E-state index is 12.0. The van der Waals surface area contributed by atoms with Crippen LogP contribution >= 0.6 is 0 Å². The number of rotatable bonds is 8. The Morgan fingerprint density at radius 1 is 1.23 bits per heavy atom. The fraction of sp³-hybridized carbons (Fsp3) is 0.941. The molecule has 0 atom stereocenters. The van der Waals surface area contributed by atoms with E-state index in [0.717, 1.165) is 51.7 Å². The number of amides is 1. The molecule has 0 bridgehead atoms. The molecule has 2 heterocycles. The number of likely N-dealkylation sites (tertiary alicyclic amines) is 2. The van der Waals surface area contributed by atoms with Crippen molar-refractivity contribution in [2.24, 2.45) is 11.3 Å². The van der Waals surface area contributed by atoms with Crippen LogP contribution in [0, 0.1) is 11.3 Å². The van der Waals surface area contributed by atoms with Crippen molar-refractivity contribution in [3.63, 3.8) is 0 Å². The minimum absolute atomic E-state index is 0.156. The van der Waals surface area contributed by atoms with Crippen LogP contribution in [0.25, 0.3) is 0 Å². The predicted molar refractivity (Wildman–Crippen MR) is 84.7 cm³/mol. The summed E-state index contributed by atoms with van der Waals surface area (Å²) in [6.07, 6.45) is 3.87. The number of ether oxygens (including phenoxy) is 2. The number of hydrogen-bond acceptors (Lipinski definition) is 4. The van der Waals surface area contributed by atoms with Gasteiger partial charge in [0, 0.05) is 44.8 Å². The van der Waals surface area contributed by atoms with Gasteiger partial charge < -0.3 is 14.4 Å². The Morgan fingerprint density at radius 2 is 1.95 bits per heavy atom. The van der Waals surface area contributed by atoms with Crippen LogP contribution in [-0.4, -0.2) is 74.4 Å². The van der Waals surface area contributed by atoms with Crippen molar-refractivity contribution in [2.45, 2.75) is 39.2 Å². The predicted octanol–water partition coefficient (Wildman–Crippen LogP) is 1.37. The van der Waals surface area contributed by atoms with Gasteiger partial charge in [-0.05, 0) is 31.7 Å². The second-order valence-corrected chi connectivity index (χ2v) is 7.51. The third kappa shape index (κ3) is 3.63. The van der Waals surface area contributed by atoms with Gasteiger partial charge in [-0.25, -0.2) is 0 Å². The SMILES string of the molecule is CCN1CC(OCCCOCC(=O)N2CC3(CC(C)C3)C2)C1. The summed E-state index contributed by atoms with van der Waals surface area (Å²) in [5.74, 6) is 1.01. The third-order valence-corrected chi connectivity index (χ3v) is 5.35. The Morgan fingerprint density at radius 3 is 2.59 bits per heavy atom. The Hall–Kier alpha value is -0.650. The van der Waals surface area contributed by atoms with Gasteiger partial charge in [0.15, 0.2) is 0 Å². The van der Waals surface area contributed by atoms with Gasteiger partial charge in [-0.1, -0.05) is 13.8 Å². The van der Waals surface area contributed by atoms with Crippen molar-refractivity contribution in [1.82, 2.24) is 9.80 Å². The van der Waals surface area contributed by atoms with Crippen LogP contribution < -0.4 is 0 Å². The van der Waals surface area contributed by atoms with E-state index >= 15 is 0 Å². The van der Waals surface area contributed by atoms with Gasteiger partial charge in [-0.2, -0.15) is 0 Å². The fourth-order valence-corrected chi connectivity index (χ4v) is 4.16. The first-order valence-corrected chi connectivity index (χ1v) is 8.80. The average molecular weight is 310 g/mol. The highest BCUT2D eigenvalue weighted by atomic mass is 16.5. The molecule has 1 aliphatic carbocycles. The molecule has 0 aromatic carbocycles. The Labute approximate surface area is 133 Å². The van der Waals surface area contributed by atoms with Gasteiger partial charge in [0.05, 0.1) is 6.10 Å². The molecule has 0 radical (unpaired) electrons. The first-order chi connectivity index (χ1) is 10.6. The number of nitrogens with zero attached hydrogens (tertiary/aromatic N) is 2. The molecule has 2 saturated heterocycles. The van der Waals surface area contributed by atoms with Crippen LogP contribution in [-0.2, 0) is 14.3 Å². The average Bonchev–Trinajstić information content (AvgIpc) is 2.37. The highest BCUT2D eigenvalue weighted by molar-refractivity contribution is 5.78. The molecule has 5 nitrogen and oxygen atoms in total. The van der Waals surface area contributed by atoms with E-state index < -0.39 is 0 Å². The van der Waals surface area contributed by atoms with E-state index in [1.807, 2.05) is 4.90 Å². The highest BCUT2D eigenvalue weighted by Gasteiger charge is 2.51. The van der Waals surface area contributed by atoms with Crippen molar-refractivity contribution < 1.29 is 14.3 Å². The Balaban J connectivity index is 1.15. The van der Waals surface area contributed by atoms with Crippen molar-refractivity contribution in [2.75, 3.05) is 52.5 Å². The smallest absolute Gasteiger partial charge is 0.248 e. The molecule has 0 unspecified atom stereocenters. The van der Waals surface area contributed by atoms with Gasteiger partial charge >= 0.3 is 0 Å². The van der Waals surface area contributed by atoms with Crippen LogP contribution in [0.3, 0.4) is 0 Å². The van der Waals surface area contributed by atoms with Crippen molar-refractivity contribution >= 4 is 5.91 Å². The van der Waals surface area contributed by atoms with Crippen LogP contribution in [0.4, 0.5) is 0 Å². The minimum atomic E-state index is 0.156. The van der Waals surface area contributed by atoms with Gasteiger partial charge in [0.25, 0.3) is 0 Å². The molecule has 0 aromatic rings. The number of hydrogen-bond donors (Lipinski definition) is 0. The molecular formula is C17H30N2O3. The second kappa shape index (κ2) is 6.85. The first-order valence-electron chi connectivity index (χ1n) is 8.80. The zero-order valence-electron chi connectivity index (χ0n) is 14.1. The molecule has 1 saturated carbocycles. The third-order valence-electron chi connectivity index (χ3n) is 5.35. The van der Waals surface area contributed by atoms with E-state index in [0.29, 0.717) is 18.1 Å². The van der Waals surface area contributed by atoms with Gasteiger partial charge in [0.1, 0.15) is 6.61 Å². The summed E-state index contributed by atoms with van der Waals surface area (Å²) in [4.78, 5) is 16.3. The highest BCUT2D eigenvalue weighted by Crippen LogP contribution is 2.51. The molecule has 5 heteroatoms. The van der Waals surface area contributed by atoms with Crippen molar-refractivity contribution in [3.05, 3.63) is 0 Å². The lowest BCUT2D eigenvalue weighted by Crippen LogP contribution is -2.63. The lowest BCUT2D eigenvalue weighted by Gasteiger charge is -2.58. The molecule has 3 rings (SSSR count). The maximum absolute atomic E-state index is 12.0. The van der Waals surface area contributed by atoms with Crippen molar-refractivity contribution in [3.8, 4) is 0 Å². The number of carbonyl (C=O) groups excluding carboxylic acids is 1. The minimum Gasteiger partial charge on any atom is -0.375 e. The van der Waals surface area contributed by atoms with E-state index in [9.17, 15) is 4.79 Å².